The molecular formula is C14H18N2O3. The molecule has 1 aliphatic rings. The first-order valence-corrected chi connectivity index (χ1v) is 6.45. The molecule has 0 radical (unpaired) electrons. The van der Waals surface area contributed by atoms with Crippen LogP contribution in [0.5, 0.6) is 0 Å². The van der Waals surface area contributed by atoms with Crippen molar-refractivity contribution in [2.24, 2.45) is 0 Å². The summed E-state index contributed by atoms with van der Waals surface area (Å²) in [7, 11) is 0. The number of urea groups is 1. The van der Waals surface area contributed by atoms with Gasteiger partial charge in [0, 0.05) is 18.3 Å². The molecular weight excluding hydrogens is 244 g/mol. The van der Waals surface area contributed by atoms with E-state index >= 15 is 0 Å². The van der Waals surface area contributed by atoms with Crippen molar-refractivity contribution in [1.29, 1.82) is 0 Å². The van der Waals surface area contributed by atoms with Gasteiger partial charge in [-0.15, -0.1) is 0 Å². The lowest BCUT2D eigenvalue weighted by molar-refractivity contribution is -0.137. The summed E-state index contributed by atoms with van der Waals surface area (Å²) in [5, 5.41) is 11.4. The normalized spacial score (nSPS) is 15.5. The Morgan fingerprint density at radius 2 is 2.16 bits per heavy atom. The van der Waals surface area contributed by atoms with Gasteiger partial charge in [0.05, 0.1) is 6.42 Å². The number of carboxylic acid groups (broad SMARTS) is 1. The molecule has 0 fully saturated rings. The number of para-hydroxylation sites is 1. The van der Waals surface area contributed by atoms with E-state index < -0.39 is 5.97 Å². The molecule has 1 aromatic rings. The van der Waals surface area contributed by atoms with Gasteiger partial charge in [-0.2, -0.15) is 0 Å². The highest BCUT2D eigenvalue weighted by Gasteiger charge is 2.23. The zero-order valence-electron chi connectivity index (χ0n) is 10.9. The van der Waals surface area contributed by atoms with Gasteiger partial charge in [-0.1, -0.05) is 18.2 Å². The summed E-state index contributed by atoms with van der Waals surface area (Å²) in [5.74, 6) is -0.910. The number of amides is 2. The number of aliphatic carboxylic acids is 1. The summed E-state index contributed by atoms with van der Waals surface area (Å²) in [6.45, 7) is 2.37. The highest BCUT2D eigenvalue weighted by Crippen LogP contribution is 2.26. The van der Waals surface area contributed by atoms with Gasteiger partial charge in [-0.05, 0) is 31.4 Å². The average Bonchev–Trinajstić information content (AvgIpc) is 2.36. The predicted molar refractivity (Wildman–Crippen MR) is 72.4 cm³/mol. The summed E-state index contributed by atoms with van der Waals surface area (Å²) in [5.41, 5.74) is 2.09. The van der Waals surface area contributed by atoms with Crippen molar-refractivity contribution in [2.75, 3.05) is 11.4 Å². The smallest absolute Gasteiger partial charge is 0.322 e. The van der Waals surface area contributed by atoms with Crippen LogP contribution in [0.15, 0.2) is 24.3 Å². The lowest BCUT2D eigenvalue weighted by Gasteiger charge is -2.30. The van der Waals surface area contributed by atoms with Crippen LogP contribution in [0.1, 0.15) is 25.3 Å². The summed E-state index contributed by atoms with van der Waals surface area (Å²) in [6.07, 6.45) is 1.84. The molecule has 1 heterocycles. The number of nitrogens with one attached hydrogen (secondary N) is 1. The first-order valence-electron chi connectivity index (χ1n) is 6.45. The Kier molecular flexibility index (Phi) is 4.04. The van der Waals surface area contributed by atoms with E-state index in [4.69, 9.17) is 5.11 Å². The number of fused-ring (bicyclic) bond motifs is 1. The Morgan fingerprint density at radius 3 is 2.89 bits per heavy atom. The van der Waals surface area contributed by atoms with Gasteiger partial charge in [-0.3, -0.25) is 9.69 Å². The lowest BCUT2D eigenvalue weighted by Crippen LogP contribution is -2.46. The predicted octanol–water partition coefficient (Wildman–Crippen LogP) is 2.01. The lowest BCUT2D eigenvalue weighted by atomic mass is 10.0. The number of benzene rings is 1. The van der Waals surface area contributed by atoms with Gasteiger partial charge < -0.3 is 10.4 Å². The fraction of sp³-hybridized carbons (Fsp3) is 0.429. The van der Waals surface area contributed by atoms with Crippen LogP contribution >= 0.6 is 0 Å². The summed E-state index contributed by atoms with van der Waals surface area (Å²) < 4.78 is 0. The number of hydrogen-bond donors (Lipinski definition) is 2. The van der Waals surface area contributed by atoms with E-state index in [1.807, 2.05) is 24.3 Å². The second-order valence-corrected chi connectivity index (χ2v) is 4.83. The topological polar surface area (TPSA) is 69.6 Å². The second kappa shape index (κ2) is 5.73. The van der Waals surface area contributed by atoms with E-state index in [-0.39, 0.29) is 18.5 Å². The molecule has 0 bridgehead atoms. The minimum Gasteiger partial charge on any atom is -0.481 e. The summed E-state index contributed by atoms with van der Waals surface area (Å²) in [4.78, 5) is 24.5. The molecule has 0 saturated heterocycles. The molecule has 1 aliphatic heterocycles. The Hall–Kier alpha value is -2.04. The molecule has 2 N–H and O–H groups in total. The van der Waals surface area contributed by atoms with Crippen LogP contribution in [0, 0.1) is 0 Å². The van der Waals surface area contributed by atoms with Crippen LogP contribution in [-0.2, 0) is 11.2 Å². The maximum atomic E-state index is 12.2. The van der Waals surface area contributed by atoms with Crippen molar-refractivity contribution in [3.05, 3.63) is 29.8 Å². The van der Waals surface area contributed by atoms with E-state index in [9.17, 15) is 9.59 Å². The largest absolute Gasteiger partial charge is 0.481 e. The van der Waals surface area contributed by atoms with Gasteiger partial charge in [-0.25, -0.2) is 4.79 Å². The number of hydrogen-bond acceptors (Lipinski definition) is 2. The highest BCUT2D eigenvalue weighted by atomic mass is 16.4. The zero-order valence-corrected chi connectivity index (χ0v) is 10.9. The fourth-order valence-corrected chi connectivity index (χ4v) is 2.35. The molecule has 1 atom stereocenters. The highest BCUT2D eigenvalue weighted by molar-refractivity contribution is 5.93. The van der Waals surface area contributed by atoms with Crippen molar-refractivity contribution < 1.29 is 14.7 Å². The van der Waals surface area contributed by atoms with Crippen LogP contribution in [0.25, 0.3) is 0 Å². The maximum absolute atomic E-state index is 12.2. The molecule has 0 spiro atoms. The minimum absolute atomic E-state index is 0.0682. The van der Waals surface area contributed by atoms with E-state index in [1.54, 1.807) is 11.8 Å². The molecule has 5 heteroatoms. The van der Waals surface area contributed by atoms with Gasteiger partial charge in [0.1, 0.15) is 0 Å². The molecule has 0 aromatic heterocycles. The monoisotopic (exact) mass is 262 g/mol. The quantitative estimate of drug-likeness (QED) is 0.875. The number of nitrogens with zero attached hydrogens (tertiary/aromatic N) is 1. The molecule has 2 rings (SSSR count). The average molecular weight is 262 g/mol. The third kappa shape index (κ3) is 3.24. The van der Waals surface area contributed by atoms with Gasteiger partial charge >= 0.3 is 12.0 Å². The molecule has 1 unspecified atom stereocenters. The van der Waals surface area contributed by atoms with Gasteiger partial charge in [0.2, 0.25) is 0 Å². The van der Waals surface area contributed by atoms with Crippen LogP contribution in [-0.4, -0.2) is 29.7 Å². The van der Waals surface area contributed by atoms with E-state index in [0.717, 1.165) is 24.1 Å². The maximum Gasteiger partial charge on any atom is 0.322 e. The molecule has 5 nitrogen and oxygen atoms in total. The first-order chi connectivity index (χ1) is 9.08. The van der Waals surface area contributed by atoms with E-state index in [1.165, 1.54) is 0 Å². The van der Waals surface area contributed by atoms with Crippen LogP contribution in [0.2, 0.25) is 0 Å². The second-order valence-electron chi connectivity index (χ2n) is 4.83. The molecule has 2 amide bonds. The number of anilines is 1. The minimum atomic E-state index is -0.910. The third-order valence-electron chi connectivity index (χ3n) is 3.21. The number of aryl methyl sites for hydroxylation is 1. The first kappa shape index (κ1) is 13.4. The number of carbonyl (C=O) groups is 2. The van der Waals surface area contributed by atoms with Crippen molar-refractivity contribution in [3.63, 3.8) is 0 Å². The summed E-state index contributed by atoms with van der Waals surface area (Å²) >= 11 is 0. The molecule has 1 aromatic carbocycles. The Bertz CT molecular complexity index is 487. The molecule has 19 heavy (non-hydrogen) atoms. The van der Waals surface area contributed by atoms with Crippen LogP contribution in [0.4, 0.5) is 10.5 Å². The number of rotatable bonds is 3. The number of carbonyl (C=O) groups excluding carboxylic acids is 1. The zero-order chi connectivity index (χ0) is 13.8. The van der Waals surface area contributed by atoms with Crippen molar-refractivity contribution in [3.8, 4) is 0 Å². The fourth-order valence-electron chi connectivity index (χ4n) is 2.35. The van der Waals surface area contributed by atoms with Crippen molar-refractivity contribution in [1.82, 2.24) is 5.32 Å². The number of carboxylic acids is 1. The SMILES string of the molecule is CC(CC(=O)O)NC(=O)N1CCCc2ccccc21. The third-order valence-corrected chi connectivity index (χ3v) is 3.21. The molecule has 102 valence electrons. The van der Waals surface area contributed by atoms with Gasteiger partial charge in [0.15, 0.2) is 0 Å². The Balaban J connectivity index is 2.06. The van der Waals surface area contributed by atoms with Crippen LogP contribution < -0.4 is 10.2 Å². The van der Waals surface area contributed by atoms with Crippen molar-refractivity contribution in [2.45, 2.75) is 32.2 Å². The van der Waals surface area contributed by atoms with Crippen molar-refractivity contribution >= 4 is 17.7 Å². The van der Waals surface area contributed by atoms with E-state index in [0.29, 0.717) is 6.54 Å². The Morgan fingerprint density at radius 1 is 1.42 bits per heavy atom. The summed E-state index contributed by atoms with van der Waals surface area (Å²) in [6, 6.07) is 7.23. The standard InChI is InChI=1S/C14H18N2O3/c1-10(9-13(17)18)15-14(19)16-8-4-6-11-5-2-3-7-12(11)16/h2-3,5,7,10H,4,6,8-9H2,1H3,(H,15,19)(H,17,18). The van der Waals surface area contributed by atoms with Gasteiger partial charge in [0.25, 0.3) is 0 Å². The van der Waals surface area contributed by atoms with Crippen LogP contribution in [0.3, 0.4) is 0 Å². The molecule has 0 saturated carbocycles. The van der Waals surface area contributed by atoms with E-state index in [2.05, 4.69) is 5.32 Å². The Labute approximate surface area is 112 Å². The molecule has 0 aliphatic carbocycles.